The van der Waals surface area contributed by atoms with Crippen LogP contribution in [0.25, 0.3) is 0 Å². The monoisotopic (exact) mass is 344 g/mol. The van der Waals surface area contributed by atoms with Crippen molar-refractivity contribution in [1.29, 1.82) is 0 Å². The molecule has 2 N–H and O–H groups in total. The topological polar surface area (TPSA) is 46.9 Å². The summed E-state index contributed by atoms with van der Waals surface area (Å²) in [5.74, 6) is -0.361. The van der Waals surface area contributed by atoms with Crippen LogP contribution in [0.5, 0.6) is 0 Å². The summed E-state index contributed by atoms with van der Waals surface area (Å²) < 4.78 is 13.7. The fourth-order valence-corrected chi connectivity index (χ4v) is 3.27. The molecule has 0 radical (unpaired) electrons. The molecule has 2 aromatic carbocycles. The van der Waals surface area contributed by atoms with Gasteiger partial charge in [0.1, 0.15) is 5.82 Å². The zero-order valence-electron chi connectivity index (χ0n) is 14.3. The highest BCUT2D eigenvalue weighted by Crippen LogP contribution is 2.19. The van der Waals surface area contributed by atoms with Gasteiger partial charge >= 0.3 is 0 Å². The van der Waals surface area contributed by atoms with E-state index in [9.17, 15) is 14.6 Å². The first kappa shape index (κ1) is 18.0. The van der Waals surface area contributed by atoms with Crippen molar-refractivity contribution in [2.45, 2.75) is 12.2 Å². The number of piperazine rings is 1. The first-order valence-electron chi connectivity index (χ1n) is 8.73. The number of hydrogen-bond donors (Lipinski definition) is 2. The van der Waals surface area contributed by atoms with E-state index in [4.69, 9.17) is 0 Å². The SMILES string of the molecule is O[C@H](CN1CCN(C[C@H](O)c2ccccc2F)CC1)c1ccccc1. The fourth-order valence-electron chi connectivity index (χ4n) is 3.27. The van der Waals surface area contributed by atoms with Crippen molar-refractivity contribution < 1.29 is 14.6 Å². The van der Waals surface area contributed by atoms with Gasteiger partial charge in [-0.15, -0.1) is 0 Å². The molecule has 2 atom stereocenters. The Morgan fingerprint density at radius 2 is 1.28 bits per heavy atom. The van der Waals surface area contributed by atoms with Crippen LogP contribution in [-0.2, 0) is 0 Å². The third-order valence-corrected chi connectivity index (χ3v) is 4.78. The molecule has 3 rings (SSSR count). The van der Waals surface area contributed by atoms with E-state index >= 15 is 0 Å². The lowest BCUT2D eigenvalue weighted by molar-refractivity contribution is 0.0474. The minimum atomic E-state index is -0.817. The lowest BCUT2D eigenvalue weighted by atomic mass is 10.1. The van der Waals surface area contributed by atoms with E-state index < -0.39 is 12.2 Å². The van der Waals surface area contributed by atoms with Gasteiger partial charge in [-0.1, -0.05) is 48.5 Å². The van der Waals surface area contributed by atoms with Gasteiger partial charge in [0.25, 0.3) is 0 Å². The van der Waals surface area contributed by atoms with Crippen LogP contribution >= 0.6 is 0 Å². The quantitative estimate of drug-likeness (QED) is 0.844. The third-order valence-electron chi connectivity index (χ3n) is 4.78. The largest absolute Gasteiger partial charge is 0.387 e. The van der Waals surface area contributed by atoms with E-state index in [-0.39, 0.29) is 5.82 Å². The number of benzene rings is 2. The van der Waals surface area contributed by atoms with Crippen molar-refractivity contribution in [1.82, 2.24) is 9.80 Å². The molecule has 1 aliphatic rings. The van der Waals surface area contributed by atoms with Crippen molar-refractivity contribution >= 4 is 0 Å². The maximum absolute atomic E-state index is 13.7. The van der Waals surface area contributed by atoms with Gasteiger partial charge in [-0.05, 0) is 11.6 Å². The van der Waals surface area contributed by atoms with Crippen molar-refractivity contribution in [3.63, 3.8) is 0 Å². The smallest absolute Gasteiger partial charge is 0.129 e. The summed E-state index contributed by atoms with van der Waals surface area (Å²) in [7, 11) is 0. The van der Waals surface area contributed by atoms with Crippen molar-refractivity contribution in [2.75, 3.05) is 39.3 Å². The van der Waals surface area contributed by atoms with Crippen LogP contribution in [0.4, 0.5) is 4.39 Å². The molecule has 0 saturated carbocycles. The average Bonchev–Trinajstić information content (AvgIpc) is 2.64. The number of halogens is 1. The number of nitrogens with zero attached hydrogens (tertiary/aromatic N) is 2. The summed E-state index contributed by atoms with van der Waals surface area (Å²) in [5, 5.41) is 20.6. The molecule has 0 aliphatic carbocycles. The Morgan fingerprint density at radius 1 is 0.760 bits per heavy atom. The van der Waals surface area contributed by atoms with Crippen molar-refractivity contribution in [3.8, 4) is 0 Å². The van der Waals surface area contributed by atoms with E-state index in [2.05, 4.69) is 9.80 Å². The average molecular weight is 344 g/mol. The van der Waals surface area contributed by atoms with Gasteiger partial charge in [-0.25, -0.2) is 4.39 Å². The number of β-amino-alcohol motifs (C(OH)–C–C–N with tert-alkyl or cyclic N) is 2. The van der Waals surface area contributed by atoms with Crippen molar-refractivity contribution in [3.05, 3.63) is 71.5 Å². The minimum Gasteiger partial charge on any atom is -0.387 e. The molecule has 0 spiro atoms. The van der Waals surface area contributed by atoms with Gasteiger partial charge in [0, 0.05) is 44.8 Å². The Bertz CT molecular complexity index is 660. The molecule has 0 aromatic heterocycles. The summed E-state index contributed by atoms with van der Waals surface area (Å²) in [4.78, 5) is 4.37. The van der Waals surface area contributed by atoms with E-state index in [1.165, 1.54) is 6.07 Å². The highest BCUT2D eigenvalue weighted by Gasteiger charge is 2.22. The van der Waals surface area contributed by atoms with Crippen LogP contribution in [-0.4, -0.2) is 59.3 Å². The molecule has 1 saturated heterocycles. The lowest BCUT2D eigenvalue weighted by Gasteiger charge is -2.36. The number of aliphatic hydroxyl groups excluding tert-OH is 2. The Hall–Kier alpha value is -1.79. The number of hydrogen-bond acceptors (Lipinski definition) is 4. The Labute approximate surface area is 148 Å². The molecule has 134 valence electrons. The fraction of sp³-hybridized carbons (Fsp3) is 0.400. The zero-order chi connectivity index (χ0) is 17.6. The normalized spacial score (nSPS) is 18.8. The maximum Gasteiger partial charge on any atom is 0.129 e. The van der Waals surface area contributed by atoms with Crippen LogP contribution in [0.15, 0.2) is 54.6 Å². The molecule has 4 nitrogen and oxygen atoms in total. The molecule has 1 aliphatic heterocycles. The summed E-state index contributed by atoms with van der Waals surface area (Å²) in [6.07, 6.45) is -1.31. The second-order valence-corrected chi connectivity index (χ2v) is 6.57. The molecule has 25 heavy (non-hydrogen) atoms. The predicted molar refractivity (Wildman–Crippen MR) is 95.6 cm³/mol. The molecular weight excluding hydrogens is 319 g/mol. The highest BCUT2D eigenvalue weighted by molar-refractivity contribution is 5.20. The lowest BCUT2D eigenvalue weighted by Crippen LogP contribution is -2.48. The van der Waals surface area contributed by atoms with Crippen LogP contribution in [0.2, 0.25) is 0 Å². The number of rotatable bonds is 6. The van der Waals surface area contributed by atoms with Gasteiger partial charge in [0.05, 0.1) is 12.2 Å². The van der Waals surface area contributed by atoms with Gasteiger partial charge < -0.3 is 10.2 Å². The highest BCUT2D eigenvalue weighted by atomic mass is 19.1. The molecule has 2 aromatic rings. The summed E-state index contributed by atoms with van der Waals surface area (Å²) in [6.45, 7) is 4.28. The Balaban J connectivity index is 1.46. The van der Waals surface area contributed by atoms with E-state index in [0.717, 1.165) is 31.7 Å². The van der Waals surface area contributed by atoms with Crippen LogP contribution < -0.4 is 0 Å². The van der Waals surface area contributed by atoms with Crippen LogP contribution in [0, 0.1) is 5.82 Å². The summed E-state index contributed by atoms with van der Waals surface area (Å²) in [5.41, 5.74) is 1.28. The summed E-state index contributed by atoms with van der Waals surface area (Å²) in [6, 6.07) is 16.1. The van der Waals surface area contributed by atoms with Crippen LogP contribution in [0.1, 0.15) is 23.3 Å². The standard InChI is InChI=1S/C20H25FN2O2/c21-18-9-5-4-8-17(18)20(25)15-23-12-10-22(11-13-23)14-19(24)16-6-2-1-3-7-16/h1-9,19-20,24-25H,10-15H2/t19-,20+/m1/s1. The number of aliphatic hydroxyl groups is 2. The minimum absolute atomic E-state index is 0.351. The van der Waals surface area contributed by atoms with Gasteiger partial charge in [-0.3, -0.25) is 9.80 Å². The predicted octanol–water partition coefficient (Wildman–Crippen LogP) is 2.21. The summed E-state index contributed by atoms with van der Waals surface area (Å²) >= 11 is 0. The first-order chi connectivity index (χ1) is 12.1. The first-order valence-corrected chi connectivity index (χ1v) is 8.73. The molecular formula is C20H25FN2O2. The second-order valence-electron chi connectivity index (χ2n) is 6.57. The van der Waals surface area contributed by atoms with E-state index in [1.807, 2.05) is 30.3 Å². The zero-order valence-corrected chi connectivity index (χ0v) is 14.3. The Kier molecular flexibility index (Phi) is 6.15. The van der Waals surface area contributed by atoms with E-state index in [1.54, 1.807) is 18.2 Å². The molecule has 5 heteroatoms. The Morgan fingerprint density at radius 3 is 1.88 bits per heavy atom. The second kappa shape index (κ2) is 8.54. The van der Waals surface area contributed by atoms with Crippen LogP contribution in [0.3, 0.4) is 0 Å². The maximum atomic E-state index is 13.7. The van der Waals surface area contributed by atoms with Crippen molar-refractivity contribution in [2.24, 2.45) is 0 Å². The van der Waals surface area contributed by atoms with Gasteiger partial charge in [0.2, 0.25) is 0 Å². The van der Waals surface area contributed by atoms with Gasteiger partial charge in [0.15, 0.2) is 0 Å². The van der Waals surface area contributed by atoms with E-state index in [0.29, 0.717) is 18.7 Å². The third kappa shape index (κ3) is 4.86. The molecule has 0 amide bonds. The molecule has 0 bridgehead atoms. The molecule has 0 unspecified atom stereocenters. The molecule has 1 heterocycles. The van der Waals surface area contributed by atoms with Gasteiger partial charge in [-0.2, -0.15) is 0 Å². The molecule has 1 fully saturated rings.